The first-order chi connectivity index (χ1) is 9.11. The molecule has 0 spiro atoms. The van der Waals surface area contributed by atoms with Gasteiger partial charge < -0.3 is 5.32 Å². The third kappa shape index (κ3) is 3.36. The maximum atomic E-state index is 13.8. The topological polar surface area (TPSA) is 12.0 Å². The van der Waals surface area contributed by atoms with Gasteiger partial charge in [0, 0.05) is 35.0 Å². The second kappa shape index (κ2) is 6.21. The minimum absolute atomic E-state index is 0.100. The van der Waals surface area contributed by atoms with Crippen molar-refractivity contribution in [3.05, 3.63) is 57.5 Å². The number of rotatable bonds is 5. The van der Waals surface area contributed by atoms with Crippen molar-refractivity contribution in [3.8, 4) is 0 Å². The van der Waals surface area contributed by atoms with Crippen LogP contribution in [0.4, 0.5) is 13.2 Å². The van der Waals surface area contributed by atoms with Crippen LogP contribution < -0.4 is 5.32 Å². The smallest absolute Gasteiger partial charge is 0.133 e. The van der Waals surface area contributed by atoms with Crippen LogP contribution in [0, 0.1) is 17.5 Å². The Morgan fingerprint density at radius 2 is 1.89 bits per heavy atom. The summed E-state index contributed by atoms with van der Waals surface area (Å²) in [6.07, 6.45) is 0.477. The van der Waals surface area contributed by atoms with Crippen LogP contribution in [0.3, 0.4) is 0 Å². The van der Waals surface area contributed by atoms with E-state index in [1.165, 1.54) is 11.3 Å². The molecule has 102 valence electrons. The van der Waals surface area contributed by atoms with Gasteiger partial charge in [-0.15, -0.1) is 11.3 Å². The monoisotopic (exact) mass is 285 g/mol. The molecule has 0 bridgehead atoms. The molecule has 0 saturated carbocycles. The second-order valence-electron chi connectivity index (χ2n) is 4.18. The highest BCUT2D eigenvalue weighted by atomic mass is 32.1. The molecule has 1 atom stereocenters. The quantitative estimate of drug-likeness (QED) is 0.873. The number of thiophene rings is 1. The third-order valence-electron chi connectivity index (χ3n) is 2.83. The Kier molecular flexibility index (Phi) is 4.61. The van der Waals surface area contributed by atoms with Crippen molar-refractivity contribution in [1.82, 2.24) is 5.32 Å². The molecule has 19 heavy (non-hydrogen) atoms. The number of hydrogen-bond donors (Lipinski definition) is 1. The van der Waals surface area contributed by atoms with Gasteiger partial charge in [-0.1, -0.05) is 13.0 Å². The van der Waals surface area contributed by atoms with Crippen LogP contribution in [0.2, 0.25) is 0 Å². The van der Waals surface area contributed by atoms with Crippen LogP contribution in [-0.2, 0) is 6.42 Å². The van der Waals surface area contributed by atoms with E-state index in [2.05, 4.69) is 5.32 Å². The molecule has 2 aromatic rings. The molecule has 1 heterocycles. The van der Waals surface area contributed by atoms with E-state index in [-0.39, 0.29) is 5.56 Å². The minimum Gasteiger partial charge on any atom is -0.310 e. The van der Waals surface area contributed by atoms with Crippen LogP contribution >= 0.6 is 11.3 Å². The normalized spacial score (nSPS) is 12.6. The summed E-state index contributed by atoms with van der Waals surface area (Å²) in [5, 5.41) is 4.95. The van der Waals surface area contributed by atoms with Gasteiger partial charge in [-0.05, 0) is 18.0 Å². The van der Waals surface area contributed by atoms with Gasteiger partial charge in [-0.25, -0.2) is 13.2 Å². The molecule has 2 rings (SSSR count). The highest BCUT2D eigenvalue weighted by Gasteiger charge is 2.21. The lowest BCUT2D eigenvalue weighted by Gasteiger charge is -2.19. The number of hydrogen-bond acceptors (Lipinski definition) is 2. The van der Waals surface area contributed by atoms with E-state index in [1.807, 2.05) is 24.4 Å². The van der Waals surface area contributed by atoms with Gasteiger partial charge in [0.2, 0.25) is 0 Å². The second-order valence-corrected chi connectivity index (χ2v) is 5.21. The van der Waals surface area contributed by atoms with Crippen molar-refractivity contribution in [2.45, 2.75) is 19.4 Å². The molecule has 0 aliphatic heterocycles. The van der Waals surface area contributed by atoms with E-state index < -0.39 is 23.5 Å². The van der Waals surface area contributed by atoms with Crippen molar-refractivity contribution in [3.63, 3.8) is 0 Å². The predicted molar refractivity (Wildman–Crippen MR) is 70.8 cm³/mol. The number of likely N-dealkylation sites (N-methyl/N-ethyl adjacent to an activating group) is 1. The Labute approximate surface area is 114 Å². The standard InChI is InChI=1S/C14H14F3NS/c1-2-18-13(8-10-4-3-5-19-10)14-11(16)6-9(15)7-12(14)17/h3-7,13,18H,2,8H2,1H3. The summed E-state index contributed by atoms with van der Waals surface area (Å²) in [7, 11) is 0. The van der Waals surface area contributed by atoms with Crippen LogP contribution in [0.15, 0.2) is 29.6 Å². The van der Waals surface area contributed by atoms with Crippen LogP contribution in [-0.4, -0.2) is 6.54 Å². The van der Waals surface area contributed by atoms with Crippen LogP contribution in [0.25, 0.3) is 0 Å². The molecule has 1 unspecified atom stereocenters. The SMILES string of the molecule is CCNC(Cc1cccs1)c1c(F)cc(F)cc1F. The van der Waals surface area contributed by atoms with Gasteiger partial charge in [0.25, 0.3) is 0 Å². The van der Waals surface area contributed by atoms with E-state index in [1.54, 1.807) is 0 Å². The van der Waals surface area contributed by atoms with Crippen molar-refractivity contribution in [2.75, 3.05) is 6.54 Å². The average Bonchev–Trinajstić information content (AvgIpc) is 2.80. The number of nitrogens with one attached hydrogen (secondary N) is 1. The lowest BCUT2D eigenvalue weighted by Crippen LogP contribution is -2.25. The molecule has 0 saturated heterocycles. The first-order valence-electron chi connectivity index (χ1n) is 6.02. The maximum absolute atomic E-state index is 13.8. The molecule has 1 N–H and O–H groups in total. The fourth-order valence-electron chi connectivity index (χ4n) is 2.04. The maximum Gasteiger partial charge on any atom is 0.133 e. The summed E-state index contributed by atoms with van der Waals surface area (Å²) < 4.78 is 40.5. The Balaban J connectivity index is 2.33. The zero-order chi connectivity index (χ0) is 13.8. The highest BCUT2D eigenvalue weighted by Crippen LogP contribution is 2.26. The summed E-state index contributed by atoms with van der Waals surface area (Å²) in [5.74, 6) is -2.59. The van der Waals surface area contributed by atoms with Gasteiger partial charge in [-0.2, -0.15) is 0 Å². The molecule has 1 aromatic heterocycles. The minimum atomic E-state index is -0.898. The molecule has 0 aliphatic rings. The van der Waals surface area contributed by atoms with E-state index in [9.17, 15) is 13.2 Å². The molecule has 0 aliphatic carbocycles. The zero-order valence-electron chi connectivity index (χ0n) is 10.4. The van der Waals surface area contributed by atoms with Gasteiger partial charge in [0.05, 0.1) is 0 Å². The molecule has 1 aromatic carbocycles. The molecule has 5 heteroatoms. The Morgan fingerprint density at radius 3 is 2.42 bits per heavy atom. The lowest BCUT2D eigenvalue weighted by molar-refractivity contribution is 0.463. The molecule has 1 nitrogen and oxygen atoms in total. The van der Waals surface area contributed by atoms with Crippen LogP contribution in [0.5, 0.6) is 0 Å². The third-order valence-corrected chi connectivity index (χ3v) is 3.73. The van der Waals surface area contributed by atoms with Gasteiger partial charge in [0.1, 0.15) is 17.5 Å². The van der Waals surface area contributed by atoms with Crippen LogP contribution in [0.1, 0.15) is 23.4 Å². The summed E-state index contributed by atoms with van der Waals surface area (Å²) >= 11 is 1.53. The van der Waals surface area contributed by atoms with Crippen molar-refractivity contribution < 1.29 is 13.2 Å². The average molecular weight is 285 g/mol. The number of halogens is 3. The fraction of sp³-hybridized carbons (Fsp3) is 0.286. The van der Waals surface area contributed by atoms with Crippen molar-refractivity contribution in [1.29, 1.82) is 0 Å². The largest absolute Gasteiger partial charge is 0.310 e. The predicted octanol–water partition coefficient (Wildman–Crippen LogP) is 4.06. The van der Waals surface area contributed by atoms with E-state index in [0.29, 0.717) is 13.0 Å². The van der Waals surface area contributed by atoms with Gasteiger partial charge in [-0.3, -0.25) is 0 Å². The zero-order valence-corrected chi connectivity index (χ0v) is 11.2. The molecular weight excluding hydrogens is 271 g/mol. The summed E-state index contributed by atoms with van der Waals surface area (Å²) in [6.45, 7) is 2.44. The Hall–Kier alpha value is -1.33. The van der Waals surface area contributed by atoms with E-state index in [4.69, 9.17) is 0 Å². The van der Waals surface area contributed by atoms with Crippen molar-refractivity contribution >= 4 is 11.3 Å². The van der Waals surface area contributed by atoms with Gasteiger partial charge >= 0.3 is 0 Å². The first-order valence-corrected chi connectivity index (χ1v) is 6.90. The summed E-state index contributed by atoms with van der Waals surface area (Å²) in [5.41, 5.74) is -0.100. The number of benzene rings is 1. The van der Waals surface area contributed by atoms with Crippen molar-refractivity contribution in [2.24, 2.45) is 0 Å². The lowest BCUT2D eigenvalue weighted by atomic mass is 10.0. The fourth-order valence-corrected chi connectivity index (χ4v) is 2.79. The Morgan fingerprint density at radius 1 is 1.21 bits per heavy atom. The van der Waals surface area contributed by atoms with E-state index >= 15 is 0 Å². The highest BCUT2D eigenvalue weighted by molar-refractivity contribution is 7.09. The molecule has 0 amide bonds. The molecular formula is C14H14F3NS. The van der Waals surface area contributed by atoms with E-state index in [0.717, 1.165) is 17.0 Å². The molecule has 0 radical (unpaired) electrons. The Bertz CT molecular complexity index is 517. The summed E-state index contributed by atoms with van der Waals surface area (Å²) in [6, 6.07) is 4.74. The summed E-state index contributed by atoms with van der Waals surface area (Å²) in [4.78, 5) is 1.02. The first kappa shape index (κ1) is 14.1. The molecule has 0 fully saturated rings. The van der Waals surface area contributed by atoms with Gasteiger partial charge in [0.15, 0.2) is 0 Å².